The van der Waals surface area contributed by atoms with Crippen LogP contribution in [0.15, 0.2) is 117 Å². The second-order valence-corrected chi connectivity index (χ2v) is 17.8. The summed E-state index contributed by atoms with van der Waals surface area (Å²) in [5.74, 6) is -1.26. The second kappa shape index (κ2) is 27.9. The first kappa shape index (κ1) is 59.0. The van der Waals surface area contributed by atoms with E-state index in [9.17, 15) is 36.5 Å². The average Bonchev–Trinajstić information content (AvgIpc) is 3.22. The molecule has 0 radical (unpaired) electrons. The summed E-state index contributed by atoms with van der Waals surface area (Å²) >= 11 is 8.49. The molecule has 0 saturated carbocycles. The molecule has 0 unspecified atom stereocenters. The molecule has 6 aromatic rings. The first-order valence-corrected chi connectivity index (χ1v) is 28.5. The smallest absolute Gasteiger partial charge is 0 e. The van der Waals surface area contributed by atoms with E-state index in [1.165, 1.54) is 48.5 Å². The first-order chi connectivity index (χ1) is 30.3. The summed E-state index contributed by atoms with van der Waals surface area (Å²) < 4.78 is 72.0. The van der Waals surface area contributed by atoms with Crippen LogP contribution in [0.5, 0.6) is 5.75 Å². The number of amides is 1. The molecule has 6 rings (SSSR count). The molecule has 338 valence electrons. The molecule has 0 atom stereocenters. The molecule has 1 amide bonds. The number of nitrogens with one attached hydrogen (secondary N) is 3. The Kier molecular flexibility index (Phi) is 24.9. The minimum Gasteiger partial charge on any atom is 0 e. The van der Waals surface area contributed by atoms with Gasteiger partial charge in [-0.1, -0.05) is 0 Å². The number of fused-ring (bicyclic) bond motifs is 1. The quantitative estimate of drug-likeness (QED) is 0.0116. The standard InChI is InChI=1S/C37H34ClN9O11S3.H2I2.2Na.U/c1-47(2,3)28-13-8-25(9-14-28)40-36-42-35(38)43-37(44-36)41-27-12-17-30-23(20-27)21-31(59-58-57-50)32(33(30)48)46-45-26-6-4-22(5-7-26)34(49)39-24-10-15-29(16-11-24)60(51,52)19-18-56-61(53,54)55;1-2;;;/h4-17,20-21H,18-19H2,1-3H3,(H5-,39,40,41,42,43,44,48,49,50,53,54,55);1H2;;;/q;;2*+1;/p-1/i;1D;;;. The van der Waals surface area contributed by atoms with Crippen LogP contribution >= 0.6 is 60.7 Å². The summed E-state index contributed by atoms with van der Waals surface area (Å²) in [7, 11) is -2.84. The van der Waals surface area contributed by atoms with E-state index in [0.717, 1.165) is 11.4 Å². The third-order valence-corrected chi connectivity index (χ3v) is 11.3. The number of halogens is 3. The monoisotopic (exact) mass is 1450 g/mol. The topological polar surface area (TPSA) is 279 Å². The summed E-state index contributed by atoms with van der Waals surface area (Å²) in [6.45, 7) is -0.842. The number of azo groups is 1. The van der Waals surface area contributed by atoms with Gasteiger partial charge in [0.15, 0.2) is 15.6 Å². The van der Waals surface area contributed by atoms with E-state index >= 15 is 0 Å². The number of hydrogen-bond acceptors (Lipinski definition) is 19. The molecule has 1 aromatic heterocycles. The third-order valence-electron chi connectivity index (χ3n) is 8.41. The van der Waals surface area contributed by atoms with Crippen LogP contribution in [-0.2, 0) is 33.8 Å². The summed E-state index contributed by atoms with van der Waals surface area (Å²) in [6.07, 6.45) is 0. The van der Waals surface area contributed by atoms with E-state index < -0.39 is 38.5 Å². The SMILES string of the molecule is C[N+](C)(C)c1ccc(Nc2nc(Cl)nc(Nc3ccc4c(O)c(N=Nc5ccc(C(=O)Nc6ccc(S(=O)(=O)CCOS(=O)(=O)[O-])cc6)cc5)c(SOO[O-])cc4c3)n2)cc1.[2H][IH]I.[Na+].[Na+].[U]. The summed E-state index contributed by atoms with van der Waals surface area (Å²) in [5.41, 5.74) is 3.03. The largest absolute Gasteiger partial charge is 1.00 e. The maximum atomic E-state index is 12.9. The number of hydrogen-bond donors (Lipinski definition) is 4. The van der Waals surface area contributed by atoms with Gasteiger partial charge in [-0.2, -0.15) is 24.4 Å². The molecule has 66 heavy (non-hydrogen) atoms. The molecule has 0 saturated heterocycles. The predicted molar refractivity (Wildman–Crippen MR) is 255 cm³/mol. The van der Waals surface area contributed by atoms with Gasteiger partial charge in [0, 0.05) is 71.3 Å². The van der Waals surface area contributed by atoms with E-state index in [2.05, 4.69) is 94.4 Å². The number of phenols is 1. The minimum atomic E-state index is -5.04. The van der Waals surface area contributed by atoms with Crippen LogP contribution in [0.1, 0.15) is 10.4 Å². The van der Waals surface area contributed by atoms with Gasteiger partial charge in [-0.25, -0.2) is 16.8 Å². The maximum absolute atomic E-state index is 12.9. The molecule has 5 aromatic carbocycles. The molecule has 20 nitrogen and oxygen atoms in total. The van der Waals surface area contributed by atoms with Gasteiger partial charge >= 0.3 is 96.7 Å². The zero-order valence-corrected chi connectivity index (χ0v) is 51.1. The number of rotatable bonds is 17. The summed E-state index contributed by atoms with van der Waals surface area (Å²) in [5, 5.41) is 43.6. The second-order valence-electron chi connectivity index (χ2n) is 13.6. The molecule has 0 bridgehead atoms. The van der Waals surface area contributed by atoms with Crippen LogP contribution in [-0.4, -0.2) is 81.5 Å². The average molecular weight is 1450 g/mol. The van der Waals surface area contributed by atoms with E-state index in [4.69, 9.17) is 12.2 Å². The van der Waals surface area contributed by atoms with E-state index in [1.807, 2.05) is 24.3 Å². The Labute approximate surface area is 480 Å². The molecule has 0 aliphatic heterocycles. The number of carbonyl (C=O) groups excluding carboxylic acids is 1. The van der Waals surface area contributed by atoms with Gasteiger partial charge in [0.25, 0.3) is 5.91 Å². The normalized spacial score (nSPS) is 11.6. The van der Waals surface area contributed by atoms with Crippen molar-refractivity contribution in [2.75, 3.05) is 49.5 Å². The van der Waals surface area contributed by atoms with Gasteiger partial charge in [0.1, 0.15) is 11.4 Å². The Bertz CT molecular complexity index is 2870. The first-order valence-electron chi connectivity index (χ1n) is 18.0. The van der Waals surface area contributed by atoms with Gasteiger partial charge in [0.2, 0.25) is 27.6 Å². The van der Waals surface area contributed by atoms with E-state index in [1.54, 1.807) is 24.3 Å². The molecule has 0 fully saturated rings. The number of nitrogens with zero attached hydrogens (tertiary/aromatic N) is 6. The molecule has 0 aliphatic carbocycles. The van der Waals surface area contributed by atoms with Gasteiger partial charge in [-0.3, -0.25) is 18.5 Å². The Morgan fingerprint density at radius 2 is 1.47 bits per heavy atom. The number of anilines is 5. The minimum absolute atomic E-state index is 0. The fourth-order valence-electron chi connectivity index (χ4n) is 5.45. The molecule has 1 heterocycles. The van der Waals surface area contributed by atoms with Crippen molar-refractivity contribution in [2.45, 2.75) is 9.79 Å². The molecule has 29 heteroatoms. The summed E-state index contributed by atoms with van der Waals surface area (Å²) in [6, 6.07) is 25.2. The van der Waals surface area contributed by atoms with Crippen molar-refractivity contribution >= 4 is 144 Å². The van der Waals surface area contributed by atoms with Crippen LogP contribution in [0.3, 0.4) is 0 Å². The predicted octanol–water partition coefficient (Wildman–Crippen LogP) is 1.46. The number of phenolic OH excluding ortho intramolecular Hbond substituents is 1. The number of sulfone groups is 1. The van der Waals surface area contributed by atoms with Crippen molar-refractivity contribution in [2.24, 2.45) is 10.2 Å². The Morgan fingerprint density at radius 1 is 0.894 bits per heavy atom. The fraction of sp³-hybridized carbons (Fsp3) is 0.135. The van der Waals surface area contributed by atoms with Crippen molar-refractivity contribution in [3.05, 3.63) is 108 Å². The molecule has 4 N–H and O–H groups in total. The van der Waals surface area contributed by atoms with Crippen LogP contribution in [0.4, 0.5) is 46.0 Å². The number of benzene rings is 5. The van der Waals surface area contributed by atoms with Gasteiger partial charge < -0.3 is 30.9 Å². The van der Waals surface area contributed by atoms with Crippen molar-refractivity contribution in [1.29, 1.82) is 0.594 Å². The maximum Gasteiger partial charge on any atom is 1.00 e. The molecule has 0 aliphatic rings. The van der Waals surface area contributed by atoms with E-state index in [0.29, 0.717) is 33.0 Å². The number of aromatic nitrogens is 3. The van der Waals surface area contributed by atoms with Crippen LogP contribution in [0.25, 0.3) is 10.8 Å². The Morgan fingerprint density at radius 3 is 2.05 bits per heavy atom. The molecular weight excluding hydrogens is 1420 g/mol. The van der Waals surface area contributed by atoms with E-state index in [-0.39, 0.29) is 164 Å². The molecule has 0 spiro atoms. The van der Waals surface area contributed by atoms with Gasteiger partial charge in [0.05, 0.1) is 61.0 Å². The number of aromatic hydroxyl groups is 1. The zero-order chi connectivity index (χ0) is 46.7. The number of carbonyl (C=O) groups is 1. The van der Waals surface area contributed by atoms with Crippen LogP contribution < -0.4 is 84.8 Å². The van der Waals surface area contributed by atoms with Crippen LogP contribution in [0, 0.1) is 31.1 Å². The van der Waals surface area contributed by atoms with Crippen molar-refractivity contribution < 1.29 is 140 Å². The third kappa shape index (κ3) is 18.1. The van der Waals surface area contributed by atoms with Crippen molar-refractivity contribution in [3.8, 4) is 5.75 Å². The number of quaternary nitrogens is 1. The molecular formula is C37H35ClI2N9Na2O11S3U+. The summed E-state index contributed by atoms with van der Waals surface area (Å²) in [4.78, 5) is 25.6. The Balaban J connectivity index is 0.00000250. The fourth-order valence-corrected chi connectivity index (χ4v) is 7.59. The van der Waals surface area contributed by atoms with Crippen molar-refractivity contribution in [1.82, 2.24) is 19.4 Å². The van der Waals surface area contributed by atoms with Gasteiger partial charge in [-0.15, -0.1) is 5.11 Å². The van der Waals surface area contributed by atoms with Crippen LogP contribution in [0.2, 0.25) is 5.28 Å². The Hall–Kier alpha value is -1.35. The van der Waals surface area contributed by atoms with Crippen molar-refractivity contribution in [3.63, 3.8) is 0 Å². The zero-order valence-electron chi connectivity index (χ0n) is 36.3. The van der Waals surface area contributed by atoms with Gasteiger partial charge in [-0.05, 0) is 102 Å².